The van der Waals surface area contributed by atoms with Gasteiger partial charge in [0.25, 0.3) is 0 Å². The van der Waals surface area contributed by atoms with Gasteiger partial charge in [-0.05, 0) is 50.0 Å². The molecular formula is C19H29NO. The van der Waals surface area contributed by atoms with Gasteiger partial charge in [0.05, 0.1) is 6.10 Å². The first-order valence-electron chi connectivity index (χ1n) is 8.82. The second-order valence-corrected chi connectivity index (χ2v) is 6.96. The Morgan fingerprint density at radius 3 is 2.19 bits per heavy atom. The molecule has 0 radical (unpaired) electrons. The predicted molar refractivity (Wildman–Crippen MR) is 87.2 cm³/mol. The highest BCUT2D eigenvalue weighted by Crippen LogP contribution is 2.35. The Kier molecular flexibility index (Phi) is 5.32. The summed E-state index contributed by atoms with van der Waals surface area (Å²) < 4.78 is 0. The molecule has 2 heteroatoms. The van der Waals surface area contributed by atoms with Crippen LogP contribution in [0.4, 0.5) is 0 Å². The van der Waals surface area contributed by atoms with Gasteiger partial charge in [0.2, 0.25) is 0 Å². The molecule has 0 saturated heterocycles. The van der Waals surface area contributed by atoms with Crippen molar-refractivity contribution < 1.29 is 5.11 Å². The molecule has 0 spiro atoms. The van der Waals surface area contributed by atoms with E-state index in [-0.39, 0.29) is 6.10 Å². The van der Waals surface area contributed by atoms with E-state index in [0.29, 0.717) is 12.1 Å². The van der Waals surface area contributed by atoms with E-state index in [1.807, 2.05) is 0 Å². The van der Waals surface area contributed by atoms with Crippen molar-refractivity contribution in [2.24, 2.45) is 5.92 Å². The van der Waals surface area contributed by atoms with Gasteiger partial charge in [0.1, 0.15) is 0 Å². The summed E-state index contributed by atoms with van der Waals surface area (Å²) in [6.07, 6.45) is 11.0. The van der Waals surface area contributed by atoms with E-state index in [4.69, 9.17) is 0 Å². The first kappa shape index (κ1) is 15.1. The molecule has 1 aromatic carbocycles. The molecule has 2 fully saturated rings. The van der Waals surface area contributed by atoms with E-state index in [9.17, 15) is 5.11 Å². The molecule has 0 aliphatic heterocycles. The molecule has 21 heavy (non-hydrogen) atoms. The summed E-state index contributed by atoms with van der Waals surface area (Å²) in [4.78, 5) is 0. The Hall–Kier alpha value is -0.860. The van der Waals surface area contributed by atoms with E-state index in [1.165, 1.54) is 37.7 Å². The molecular weight excluding hydrogens is 258 g/mol. The van der Waals surface area contributed by atoms with Crippen LogP contribution in [0.2, 0.25) is 0 Å². The Bertz CT molecular complexity index is 405. The minimum absolute atomic E-state index is 0.0621. The van der Waals surface area contributed by atoms with E-state index < -0.39 is 0 Å². The maximum absolute atomic E-state index is 9.70. The molecule has 1 atom stereocenters. The van der Waals surface area contributed by atoms with Crippen LogP contribution in [0.25, 0.3) is 0 Å². The van der Waals surface area contributed by atoms with Crippen LogP contribution in [0.5, 0.6) is 0 Å². The largest absolute Gasteiger partial charge is 0.393 e. The molecule has 2 aliphatic carbocycles. The average molecular weight is 287 g/mol. The maximum atomic E-state index is 9.70. The first-order chi connectivity index (χ1) is 10.3. The van der Waals surface area contributed by atoms with Gasteiger partial charge < -0.3 is 10.4 Å². The normalized spacial score (nSPS) is 29.2. The standard InChI is InChI=1S/C19H29NO/c21-18-13-11-17(12-14-18)20-19(15-7-3-1-4-8-15)16-9-5-2-6-10-16/h1,3-4,7-8,16-21H,2,5-6,9-14H2. The third-order valence-corrected chi connectivity index (χ3v) is 5.39. The highest BCUT2D eigenvalue weighted by atomic mass is 16.3. The van der Waals surface area contributed by atoms with Crippen LogP contribution in [-0.2, 0) is 0 Å². The summed E-state index contributed by atoms with van der Waals surface area (Å²) in [5.41, 5.74) is 1.45. The zero-order valence-electron chi connectivity index (χ0n) is 13.0. The van der Waals surface area contributed by atoms with Gasteiger partial charge >= 0.3 is 0 Å². The zero-order valence-corrected chi connectivity index (χ0v) is 13.0. The summed E-state index contributed by atoms with van der Waals surface area (Å²) >= 11 is 0. The highest BCUT2D eigenvalue weighted by Gasteiger charge is 2.28. The lowest BCUT2D eigenvalue weighted by Crippen LogP contribution is -2.40. The quantitative estimate of drug-likeness (QED) is 0.870. The summed E-state index contributed by atoms with van der Waals surface area (Å²) in [6, 6.07) is 12.1. The van der Waals surface area contributed by atoms with Gasteiger partial charge in [-0.25, -0.2) is 0 Å². The van der Waals surface area contributed by atoms with Crippen LogP contribution >= 0.6 is 0 Å². The van der Waals surface area contributed by atoms with Gasteiger partial charge in [0.15, 0.2) is 0 Å². The number of hydrogen-bond donors (Lipinski definition) is 2. The highest BCUT2D eigenvalue weighted by molar-refractivity contribution is 5.20. The van der Waals surface area contributed by atoms with Crippen molar-refractivity contribution in [2.75, 3.05) is 0 Å². The summed E-state index contributed by atoms with van der Waals surface area (Å²) in [5, 5.41) is 13.7. The molecule has 116 valence electrons. The predicted octanol–water partition coefficient (Wildman–Crippen LogP) is 4.20. The molecule has 0 heterocycles. The molecule has 2 saturated carbocycles. The second kappa shape index (κ2) is 7.42. The van der Waals surface area contributed by atoms with Crippen molar-refractivity contribution >= 4 is 0 Å². The third-order valence-electron chi connectivity index (χ3n) is 5.39. The van der Waals surface area contributed by atoms with Crippen molar-refractivity contribution in [2.45, 2.75) is 76.0 Å². The topological polar surface area (TPSA) is 32.3 Å². The fraction of sp³-hybridized carbons (Fsp3) is 0.684. The van der Waals surface area contributed by atoms with Gasteiger partial charge in [0, 0.05) is 12.1 Å². The van der Waals surface area contributed by atoms with E-state index in [0.717, 1.165) is 31.6 Å². The Morgan fingerprint density at radius 1 is 0.857 bits per heavy atom. The van der Waals surface area contributed by atoms with Crippen molar-refractivity contribution in [1.82, 2.24) is 5.32 Å². The number of benzene rings is 1. The van der Waals surface area contributed by atoms with Crippen LogP contribution in [0.3, 0.4) is 0 Å². The van der Waals surface area contributed by atoms with Crippen LogP contribution in [0.1, 0.15) is 69.4 Å². The zero-order chi connectivity index (χ0) is 14.5. The second-order valence-electron chi connectivity index (χ2n) is 6.96. The summed E-state index contributed by atoms with van der Waals surface area (Å²) in [7, 11) is 0. The van der Waals surface area contributed by atoms with Gasteiger partial charge in [-0.2, -0.15) is 0 Å². The van der Waals surface area contributed by atoms with Crippen molar-refractivity contribution in [1.29, 1.82) is 0 Å². The van der Waals surface area contributed by atoms with Crippen LogP contribution in [0, 0.1) is 5.92 Å². The molecule has 0 aromatic heterocycles. The Balaban J connectivity index is 1.69. The molecule has 1 aromatic rings. The molecule has 2 aliphatic rings. The lowest BCUT2D eigenvalue weighted by Gasteiger charge is -2.36. The maximum Gasteiger partial charge on any atom is 0.0541 e. The molecule has 2 N–H and O–H groups in total. The number of aliphatic hydroxyl groups excluding tert-OH is 1. The van der Waals surface area contributed by atoms with Crippen molar-refractivity contribution in [3.05, 3.63) is 35.9 Å². The van der Waals surface area contributed by atoms with Gasteiger partial charge in [-0.15, -0.1) is 0 Å². The first-order valence-corrected chi connectivity index (χ1v) is 8.82. The molecule has 2 nitrogen and oxygen atoms in total. The Morgan fingerprint density at radius 2 is 1.52 bits per heavy atom. The number of aliphatic hydroxyl groups is 1. The Labute approximate surface area is 129 Å². The fourth-order valence-corrected chi connectivity index (χ4v) is 4.13. The fourth-order valence-electron chi connectivity index (χ4n) is 4.13. The van der Waals surface area contributed by atoms with E-state index in [1.54, 1.807) is 0 Å². The summed E-state index contributed by atoms with van der Waals surface area (Å²) in [6.45, 7) is 0. The molecule has 0 bridgehead atoms. The lowest BCUT2D eigenvalue weighted by molar-refractivity contribution is 0.109. The molecule has 1 unspecified atom stereocenters. The van der Waals surface area contributed by atoms with Gasteiger partial charge in [-0.3, -0.25) is 0 Å². The number of nitrogens with one attached hydrogen (secondary N) is 1. The monoisotopic (exact) mass is 287 g/mol. The third kappa shape index (κ3) is 4.08. The minimum atomic E-state index is -0.0621. The molecule has 0 amide bonds. The SMILES string of the molecule is OC1CCC(NC(c2ccccc2)C2CCCCC2)CC1. The summed E-state index contributed by atoms with van der Waals surface area (Å²) in [5.74, 6) is 0.785. The lowest BCUT2D eigenvalue weighted by atomic mass is 9.80. The van der Waals surface area contributed by atoms with Crippen LogP contribution < -0.4 is 5.32 Å². The number of hydrogen-bond acceptors (Lipinski definition) is 2. The molecule has 3 rings (SSSR count). The average Bonchev–Trinajstić information content (AvgIpc) is 2.56. The van der Waals surface area contributed by atoms with Crippen LogP contribution in [-0.4, -0.2) is 17.3 Å². The van der Waals surface area contributed by atoms with Crippen LogP contribution in [0.15, 0.2) is 30.3 Å². The van der Waals surface area contributed by atoms with E-state index >= 15 is 0 Å². The van der Waals surface area contributed by atoms with Crippen molar-refractivity contribution in [3.8, 4) is 0 Å². The van der Waals surface area contributed by atoms with Crippen molar-refractivity contribution in [3.63, 3.8) is 0 Å². The smallest absolute Gasteiger partial charge is 0.0541 e. The van der Waals surface area contributed by atoms with Gasteiger partial charge in [-0.1, -0.05) is 49.6 Å². The van der Waals surface area contributed by atoms with E-state index in [2.05, 4.69) is 35.6 Å². The minimum Gasteiger partial charge on any atom is -0.393 e. The number of rotatable bonds is 4.